The number of piperidine rings is 1. The van der Waals surface area contributed by atoms with Gasteiger partial charge in [-0.05, 0) is 36.6 Å². The van der Waals surface area contributed by atoms with Crippen LogP contribution in [0.3, 0.4) is 0 Å². The van der Waals surface area contributed by atoms with Crippen molar-refractivity contribution in [2.24, 2.45) is 5.92 Å². The Morgan fingerprint density at radius 2 is 2.00 bits per heavy atom. The topological polar surface area (TPSA) is 52.5 Å². The smallest absolute Gasteiger partial charge is 0.115 e. The van der Waals surface area contributed by atoms with Crippen molar-refractivity contribution in [2.45, 2.75) is 12.3 Å². The monoisotopic (exact) mass is 207 g/mol. The lowest BCUT2D eigenvalue weighted by Crippen LogP contribution is -2.36. The first kappa shape index (κ1) is 10.5. The van der Waals surface area contributed by atoms with Crippen molar-refractivity contribution >= 4 is 0 Å². The quantitative estimate of drug-likeness (QED) is 0.680. The Kier molecular flexibility index (Phi) is 3.23. The van der Waals surface area contributed by atoms with Crippen molar-refractivity contribution in [1.82, 2.24) is 5.32 Å². The minimum atomic E-state index is 0.243. The standard InChI is InChI=1S/C12H17NO2/c14-8-10-5-6-13-7-12(10)9-1-3-11(15)4-2-9/h1-4,10,12-15H,5-8H2. The highest BCUT2D eigenvalue weighted by atomic mass is 16.3. The van der Waals surface area contributed by atoms with Crippen molar-refractivity contribution in [2.75, 3.05) is 19.7 Å². The van der Waals surface area contributed by atoms with E-state index in [0.717, 1.165) is 19.5 Å². The van der Waals surface area contributed by atoms with E-state index < -0.39 is 0 Å². The van der Waals surface area contributed by atoms with Gasteiger partial charge in [-0.15, -0.1) is 0 Å². The molecule has 2 rings (SSSR count). The summed E-state index contributed by atoms with van der Waals surface area (Å²) in [7, 11) is 0. The second kappa shape index (κ2) is 4.64. The Hall–Kier alpha value is -1.06. The minimum absolute atomic E-state index is 0.243. The molecule has 1 aromatic rings. The van der Waals surface area contributed by atoms with Gasteiger partial charge in [0, 0.05) is 19.1 Å². The number of rotatable bonds is 2. The summed E-state index contributed by atoms with van der Waals surface area (Å²) in [6.07, 6.45) is 1.02. The summed E-state index contributed by atoms with van der Waals surface area (Å²) in [5.74, 6) is 1.00. The van der Waals surface area contributed by atoms with Crippen molar-refractivity contribution < 1.29 is 10.2 Å². The Balaban J connectivity index is 2.16. The van der Waals surface area contributed by atoms with Crippen LogP contribution in [-0.4, -0.2) is 29.9 Å². The summed E-state index contributed by atoms with van der Waals surface area (Å²) >= 11 is 0. The summed E-state index contributed by atoms with van der Waals surface area (Å²) < 4.78 is 0. The van der Waals surface area contributed by atoms with Crippen LogP contribution in [0.2, 0.25) is 0 Å². The van der Waals surface area contributed by atoms with Gasteiger partial charge in [-0.2, -0.15) is 0 Å². The summed E-state index contributed by atoms with van der Waals surface area (Å²) in [5, 5.41) is 21.9. The van der Waals surface area contributed by atoms with Crippen LogP contribution < -0.4 is 5.32 Å². The highest BCUT2D eigenvalue weighted by Gasteiger charge is 2.25. The van der Waals surface area contributed by atoms with Crippen molar-refractivity contribution in [1.29, 1.82) is 0 Å². The number of phenols is 1. The van der Waals surface area contributed by atoms with Crippen molar-refractivity contribution in [3.05, 3.63) is 29.8 Å². The second-order valence-electron chi connectivity index (χ2n) is 4.13. The van der Waals surface area contributed by atoms with E-state index in [0.29, 0.717) is 17.6 Å². The number of benzene rings is 1. The van der Waals surface area contributed by atoms with Crippen LogP contribution in [0, 0.1) is 5.92 Å². The Bertz CT molecular complexity index is 310. The van der Waals surface area contributed by atoms with Gasteiger partial charge in [0.1, 0.15) is 5.75 Å². The second-order valence-corrected chi connectivity index (χ2v) is 4.13. The van der Waals surface area contributed by atoms with E-state index in [4.69, 9.17) is 0 Å². The first-order valence-corrected chi connectivity index (χ1v) is 5.42. The van der Waals surface area contributed by atoms with Crippen LogP contribution in [-0.2, 0) is 0 Å². The fraction of sp³-hybridized carbons (Fsp3) is 0.500. The fourth-order valence-corrected chi connectivity index (χ4v) is 2.24. The molecule has 3 nitrogen and oxygen atoms in total. The molecule has 0 aliphatic carbocycles. The molecule has 0 bridgehead atoms. The first-order chi connectivity index (χ1) is 7.31. The van der Waals surface area contributed by atoms with Gasteiger partial charge in [-0.3, -0.25) is 0 Å². The average Bonchev–Trinajstić information content (AvgIpc) is 2.30. The van der Waals surface area contributed by atoms with Gasteiger partial charge in [0.15, 0.2) is 0 Å². The molecule has 0 spiro atoms. The SMILES string of the molecule is OCC1CCNCC1c1ccc(O)cc1. The Labute approximate surface area is 89.8 Å². The molecule has 1 aliphatic heterocycles. The maximum Gasteiger partial charge on any atom is 0.115 e. The van der Waals surface area contributed by atoms with Crippen LogP contribution >= 0.6 is 0 Å². The third-order valence-corrected chi connectivity index (χ3v) is 3.18. The Morgan fingerprint density at radius 1 is 1.27 bits per heavy atom. The van der Waals surface area contributed by atoms with E-state index in [1.54, 1.807) is 12.1 Å². The predicted octanol–water partition coefficient (Wildman–Crippen LogP) is 1.08. The van der Waals surface area contributed by atoms with E-state index in [1.165, 1.54) is 5.56 Å². The average molecular weight is 207 g/mol. The fourth-order valence-electron chi connectivity index (χ4n) is 2.24. The van der Waals surface area contributed by atoms with Crippen LogP contribution in [0.4, 0.5) is 0 Å². The van der Waals surface area contributed by atoms with Gasteiger partial charge in [0.25, 0.3) is 0 Å². The molecule has 82 valence electrons. The zero-order valence-electron chi connectivity index (χ0n) is 8.69. The minimum Gasteiger partial charge on any atom is -0.508 e. The Morgan fingerprint density at radius 3 is 2.67 bits per heavy atom. The van der Waals surface area contributed by atoms with Gasteiger partial charge >= 0.3 is 0 Å². The molecule has 3 heteroatoms. The number of aliphatic hydroxyl groups is 1. The van der Waals surface area contributed by atoms with E-state index >= 15 is 0 Å². The van der Waals surface area contributed by atoms with E-state index in [2.05, 4.69) is 5.32 Å². The molecule has 1 aromatic carbocycles. The van der Waals surface area contributed by atoms with Crippen LogP contribution in [0.25, 0.3) is 0 Å². The number of aliphatic hydroxyl groups excluding tert-OH is 1. The molecule has 0 amide bonds. The lowest BCUT2D eigenvalue weighted by atomic mass is 9.82. The summed E-state index contributed by atoms with van der Waals surface area (Å²) in [5.41, 5.74) is 1.19. The molecule has 0 aromatic heterocycles. The maximum absolute atomic E-state index is 9.30. The van der Waals surface area contributed by atoms with E-state index in [-0.39, 0.29) is 6.61 Å². The van der Waals surface area contributed by atoms with E-state index in [9.17, 15) is 10.2 Å². The van der Waals surface area contributed by atoms with Gasteiger partial charge in [-0.1, -0.05) is 12.1 Å². The molecule has 1 fully saturated rings. The van der Waals surface area contributed by atoms with E-state index in [1.807, 2.05) is 12.1 Å². The molecular formula is C12H17NO2. The maximum atomic E-state index is 9.30. The molecule has 1 aliphatic rings. The largest absolute Gasteiger partial charge is 0.508 e. The number of hydrogen-bond donors (Lipinski definition) is 3. The predicted molar refractivity (Wildman–Crippen MR) is 58.9 cm³/mol. The molecule has 15 heavy (non-hydrogen) atoms. The molecular weight excluding hydrogens is 190 g/mol. The molecule has 3 N–H and O–H groups in total. The molecule has 2 atom stereocenters. The highest BCUT2D eigenvalue weighted by molar-refractivity contribution is 5.29. The third-order valence-electron chi connectivity index (χ3n) is 3.18. The molecule has 1 saturated heterocycles. The van der Waals surface area contributed by atoms with Crippen LogP contribution in [0.1, 0.15) is 17.9 Å². The number of phenolic OH excluding ortho intramolecular Hbond substituents is 1. The number of aromatic hydroxyl groups is 1. The summed E-state index contributed by atoms with van der Waals surface area (Å²) in [6, 6.07) is 7.29. The number of nitrogens with one attached hydrogen (secondary N) is 1. The van der Waals surface area contributed by atoms with Gasteiger partial charge in [0.2, 0.25) is 0 Å². The van der Waals surface area contributed by atoms with Crippen LogP contribution in [0.5, 0.6) is 5.75 Å². The van der Waals surface area contributed by atoms with Crippen molar-refractivity contribution in [3.8, 4) is 5.75 Å². The normalized spacial score (nSPS) is 26.5. The first-order valence-electron chi connectivity index (χ1n) is 5.42. The highest BCUT2D eigenvalue weighted by Crippen LogP contribution is 2.29. The zero-order chi connectivity index (χ0) is 10.7. The molecule has 0 saturated carbocycles. The lowest BCUT2D eigenvalue weighted by Gasteiger charge is -2.31. The van der Waals surface area contributed by atoms with Crippen molar-refractivity contribution in [3.63, 3.8) is 0 Å². The molecule has 1 heterocycles. The van der Waals surface area contributed by atoms with Gasteiger partial charge in [-0.25, -0.2) is 0 Å². The van der Waals surface area contributed by atoms with Gasteiger partial charge in [0.05, 0.1) is 0 Å². The zero-order valence-corrected chi connectivity index (χ0v) is 8.69. The molecule has 2 unspecified atom stereocenters. The van der Waals surface area contributed by atoms with Gasteiger partial charge < -0.3 is 15.5 Å². The lowest BCUT2D eigenvalue weighted by molar-refractivity contribution is 0.176. The molecule has 0 radical (unpaired) electrons. The number of hydrogen-bond acceptors (Lipinski definition) is 3. The van der Waals surface area contributed by atoms with Crippen LogP contribution in [0.15, 0.2) is 24.3 Å². The summed E-state index contributed by atoms with van der Waals surface area (Å²) in [4.78, 5) is 0. The third kappa shape index (κ3) is 2.30. The summed E-state index contributed by atoms with van der Waals surface area (Å²) in [6.45, 7) is 2.14.